The molecular formula is C10H14BrN3O4. The van der Waals surface area contributed by atoms with E-state index in [2.05, 4.69) is 26.2 Å². The molecule has 0 atom stereocenters. The molecule has 8 heteroatoms. The normalized spacial score (nSPS) is 10.3. The van der Waals surface area contributed by atoms with Crippen molar-refractivity contribution in [2.24, 2.45) is 0 Å². The number of methoxy groups -OCH3 is 1. The minimum atomic E-state index is -0.491. The molecule has 1 rings (SSSR count). The largest absolute Gasteiger partial charge is 0.382 e. The smallest absolute Gasteiger partial charge is 0.288 e. The fourth-order valence-corrected chi connectivity index (χ4v) is 1.62. The van der Waals surface area contributed by atoms with E-state index in [1.165, 1.54) is 12.3 Å². The van der Waals surface area contributed by atoms with E-state index in [0.29, 0.717) is 36.7 Å². The van der Waals surface area contributed by atoms with Crippen LogP contribution in [0.5, 0.6) is 0 Å². The molecular weight excluding hydrogens is 306 g/mol. The zero-order valence-electron chi connectivity index (χ0n) is 9.89. The summed E-state index contributed by atoms with van der Waals surface area (Å²) in [5.74, 6) is 0.552. The Kier molecular flexibility index (Phi) is 6.55. The van der Waals surface area contributed by atoms with E-state index in [0.717, 1.165) is 0 Å². The predicted octanol–water partition coefficient (Wildman–Crippen LogP) is 1.83. The Morgan fingerprint density at radius 1 is 1.50 bits per heavy atom. The lowest BCUT2D eigenvalue weighted by Gasteiger charge is -2.07. The summed E-state index contributed by atoms with van der Waals surface area (Å²) in [6.45, 7) is 2.16. The Hall–Kier alpha value is -1.25. The van der Waals surface area contributed by atoms with Gasteiger partial charge in [-0.3, -0.25) is 10.1 Å². The van der Waals surface area contributed by atoms with Crippen molar-refractivity contribution in [1.29, 1.82) is 0 Å². The first-order valence-corrected chi connectivity index (χ1v) is 6.05. The molecule has 0 spiro atoms. The number of aromatic nitrogens is 1. The summed E-state index contributed by atoms with van der Waals surface area (Å²) in [5, 5.41) is 13.5. The van der Waals surface area contributed by atoms with E-state index < -0.39 is 4.92 Å². The van der Waals surface area contributed by atoms with Gasteiger partial charge in [-0.2, -0.15) is 0 Å². The molecule has 0 saturated carbocycles. The molecule has 1 N–H and O–H groups in total. The van der Waals surface area contributed by atoms with E-state index in [9.17, 15) is 10.1 Å². The van der Waals surface area contributed by atoms with Gasteiger partial charge >= 0.3 is 0 Å². The quantitative estimate of drug-likeness (QED) is 0.447. The van der Waals surface area contributed by atoms with Gasteiger partial charge in [0.15, 0.2) is 0 Å². The second-order valence-corrected chi connectivity index (χ2v) is 4.17. The maximum Gasteiger partial charge on any atom is 0.288 e. The van der Waals surface area contributed by atoms with E-state index in [4.69, 9.17) is 9.47 Å². The van der Waals surface area contributed by atoms with E-state index >= 15 is 0 Å². The van der Waals surface area contributed by atoms with Crippen LogP contribution >= 0.6 is 15.9 Å². The molecule has 0 aliphatic carbocycles. The first-order valence-electron chi connectivity index (χ1n) is 5.25. The van der Waals surface area contributed by atoms with Crippen molar-refractivity contribution in [3.8, 4) is 0 Å². The van der Waals surface area contributed by atoms with E-state index in [1.807, 2.05) is 0 Å². The average molecular weight is 320 g/mol. The number of hydrogen-bond donors (Lipinski definition) is 1. The number of pyridine rings is 1. The first kappa shape index (κ1) is 14.8. The zero-order valence-corrected chi connectivity index (χ0v) is 11.5. The molecule has 1 aromatic heterocycles. The highest BCUT2D eigenvalue weighted by Gasteiger charge is 2.09. The molecule has 0 aliphatic rings. The highest BCUT2D eigenvalue weighted by atomic mass is 79.9. The molecule has 0 radical (unpaired) electrons. The highest BCUT2D eigenvalue weighted by molar-refractivity contribution is 9.10. The third-order valence-corrected chi connectivity index (χ3v) is 2.61. The summed E-state index contributed by atoms with van der Waals surface area (Å²) in [6, 6.07) is 1.40. The molecule has 0 saturated heterocycles. The summed E-state index contributed by atoms with van der Waals surface area (Å²) in [6.07, 6.45) is 1.21. The van der Waals surface area contributed by atoms with Gasteiger partial charge in [-0.15, -0.1) is 0 Å². The molecule has 100 valence electrons. The SMILES string of the molecule is COCCOCCNc1ncc([N+](=O)[O-])cc1Br. The van der Waals surface area contributed by atoms with Crippen LogP contribution in [0.3, 0.4) is 0 Å². The standard InChI is InChI=1S/C10H14BrN3O4/c1-17-4-5-18-3-2-12-10-9(11)6-8(7-13-10)14(15)16/h6-7H,2-5H2,1H3,(H,12,13). The molecule has 1 heterocycles. The van der Waals surface area contributed by atoms with Crippen LogP contribution in [0.1, 0.15) is 0 Å². The average Bonchev–Trinajstić information content (AvgIpc) is 2.35. The third kappa shape index (κ3) is 4.94. The number of nitro groups is 1. The summed E-state index contributed by atoms with van der Waals surface area (Å²) in [7, 11) is 1.61. The van der Waals surface area contributed by atoms with Crippen LogP contribution in [0.15, 0.2) is 16.7 Å². The second kappa shape index (κ2) is 7.96. The maximum atomic E-state index is 10.5. The lowest BCUT2D eigenvalue weighted by molar-refractivity contribution is -0.385. The van der Waals surface area contributed by atoms with Gasteiger partial charge in [0, 0.05) is 19.7 Å². The van der Waals surface area contributed by atoms with Gasteiger partial charge in [0.25, 0.3) is 5.69 Å². The van der Waals surface area contributed by atoms with Gasteiger partial charge < -0.3 is 14.8 Å². The van der Waals surface area contributed by atoms with Gasteiger partial charge in [-0.25, -0.2) is 4.98 Å². The summed E-state index contributed by atoms with van der Waals surface area (Å²) in [5.41, 5.74) is -0.0521. The summed E-state index contributed by atoms with van der Waals surface area (Å²) < 4.78 is 10.6. The third-order valence-electron chi connectivity index (χ3n) is 2.01. The van der Waals surface area contributed by atoms with Gasteiger partial charge in [0.2, 0.25) is 0 Å². The van der Waals surface area contributed by atoms with Crippen molar-refractivity contribution >= 4 is 27.4 Å². The number of ether oxygens (including phenoxy) is 2. The zero-order chi connectivity index (χ0) is 13.4. The van der Waals surface area contributed by atoms with Crippen LogP contribution < -0.4 is 5.32 Å². The highest BCUT2D eigenvalue weighted by Crippen LogP contribution is 2.23. The fourth-order valence-electron chi connectivity index (χ4n) is 1.14. The fraction of sp³-hybridized carbons (Fsp3) is 0.500. The van der Waals surface area contributed by atoms with Crippen LogP contribution in [0, 0.1) is 10.1 Å². The predicted molar refractivity (Wildman–Crippen MR) is 69.8 cm³/mol. The Balaban J connectivity index is 2.36. The van der Waals surface area contributed by atoms with E-state index in [1.54, 1.807) is 7.11 Å². The summed E-state index contributed by atoms with van der Waals surface area (Å²) in [4.78, 5) is 14.0. The van der Waals surface area contributed by atoms with Gasteiger partial charge in [-0.05, 0) is 15.9 Å². The van der Waals surface area contributed by atoms with Crippen molar-refractivity contribution in [3.63, 3.8) is 0 Å². The van der Waals surface area contributed by atoms with Crippen LogP contribution in [0.25, 0.3) is 0 Å². The maximum absolute atomic E-state index is 10.5. The topological polar surface area (TPSA) is 86.5 Å². The van der Waals surface area contributed by atoms with Gasteiger partial charge in [-0.1, -0.05) is 0 Å². The lowest BCUT2D eigenvalue weighted by atomic mass is 10.4. The molecule has 0 fully saturated rings. The van der Waals surface area contributed by atoms with Gasteiger partial charge in [0.1, 0.15) is 12.0 Å². The Morgan fingerprint density at radius 2 is 2.28 bits per heavy atom. The van der Waals surface area contributed by atoms with Crippen LogP contribution in [-0.2, 0) is 9.47 Å². The monoisotopic (exact) mass is 319 g/mol. The van der Waals surface area contributed by atoms with Crippen LogP contribution in [-0.4, -0.2) is 43.4 Å². The molecule has 0 unspecified atom stereocenters. The minimum absolute atomic E-state index is 0.0521. The first-order chi connectivity index (χ1) is 8.65. The molecule has 18 heavy (non-hydrogen) atoms. The number of hydrogen-bond acceptors (Lipinski definition) is 6. The summed E-state index contributed by atoms with van der Waals surface area (Å²) >= 11 is 3.22. The van der Waals surface area contributed by atoms with Crippen molar-refractivity contribution < 1.29 is 14.4 Å². The lowest BCUT2D eigenvalue weighted by Crippen LogP contribution is -2.13. The molecule has 0 aliphatic heterocycles. The van der Waals surface area contributed by atoms with Crippen molar-refractivity contribution in [2.75, 3.05) is 38.8 Å². The molecule has 0 aromatic carbocycles. The van der Waals surface area contributed by atoms with E-state index in [-0.39, 0.29) is 5.69 Å². The molecule has 0 amide bonds. The van der Waals surface area contributed by atoms with Gasteiger partial charge in [0.05, 0.1) is 29.2 Å². The molecule has 7 nitrogen and oxygen atoms in total. The second-order valence-electron chi connectivity index (χ2n) is 3.31. The van der Waals surface area contributed by atoms with Crippen LogP contribution in [0.4, 0.5) is 11.5 Å². The number of nitrogens with one attached hydrogen (secondary N) is 1. The number of rotatable bonds is 8. The van der Waals surface area contributed by atoms with Crippen molar-refractivity contribution in [1.82, 2.24) is 4.98 Å². The number of halogens is 1. The Bertz CT molecular complexity index is 403. The molecule has 1 aromatic rings. The van der Waals surface area contributed by atoms with Crippen LogP contribution in [0.2, 0.25) is 0 Å². The molecule has 0 bridgehead atoms. The van der Waals surface area contributed by atoms with Crippen molar-refractivity contribution in [2.45, 2.75) is 0 Å². The Labute approximate surface area is 113 Å². The van der Waals surface area contributed by atoms with Crippen molar-refractivity contribution in [3.05, 3.63) is 26.9 Å². The number of nitrogens with zero attached hydrogens (tertiary/aromatic N) is 2. The Morgan fingerprint density at radius 3 is 2.89 bits per heavy atom. The minimum Gasteiger partial charge on any atom is -0.382 e. The number of anilines is 1.